The number of nitrogens with zero attached hydrogens (tertiary/aromatic N) is 1. The predicted octanol–water partition coefficient (Wildman–Crippen LogP) is 2.05. The number of nitrogens with one attached hydrogen (secondary N) is 2. The van der Waals surface area contributed by atoms with E-state index in [0.717, 1.165) is 0 Å². The Balaban J connectivity index is 2.46. The van der Waals surface area contributed by atoms with Gasteiger partial charge in [-0.2, -0.15) is 0 Å². The maximum absolute atomic E-state index is 12.2. The molecule has 2 aromatic rings. The van der Waals surface area contributed by atoms with Crippen molar-refractivity contribution in [2.75, 3.05) is 5.32 Å². The van der Waals surface area contributed by atoms with Crippen molar-refractivity contribution in [2.45, 2.75) is 6.54 Å². The second kappa shape index (κ2) is 6.19. The SMILES string of the molecule is C=CCn1c(O)c(C(=O)Nc2ccccc2)c(=O)[nH]c1=S. The van der Waals surface area contributed by atoms with Crippen molar-refractivity contribution in [1.82, 2.24) is 9.55 Å². The molecule has 2 rings (SSSR count). The molecule has 21 heavy (non-hydrogen) atoms. The minimum absolute atomic E-state index is 0.0219. The topological polar surface area (TPSA) is 87.1 Å². The highest BCUT2D eigenvalue weighted by Crippen LogP contribution is 2.15. The van der Waals surface area contributed by atoms with E-state index in [1.807, 2.05) is 0 Å². The molecular weight excluding hydrogens is 290 g/mol. The summed E-state index contributed by atoms with van der Waals surface area (Å²) in [7, 11) is 0. The summed E-state index contributed by atoms with van der Waals surface area (Å²) in [6.07, 6.45) is 1.49. The van der Waals surface area contributed by atoms with Crippen LogP contribution in [0.25, 0.3) is 0 Å². The number of carbonyl (C=O) groups is 1. The maximum atomic E-state index is 12.2. The summed E-state index contributed by atoms with van der Waals surface area (Å²) in [6.45, 7) is 3.71. The summed E-state index contributed by atoms with van der Waals surface area (Å²) < 4.78 is 1.23. The van der Waals surface area contributed by atoms with Gasteiger partial charge in [0.25, 0.3) is 11.5 Å². The van der Waals surface area contributed by atoms with Crippen LogP contribution in [0.5, 0.6) is 5.88 Å². The molecule has 0 aliphatic rings. The fourth-order valence-corrected chi connectivity index (χ4v) is 2.03. The molecule has 1 aromatic carbocycles. The number of benzene rings is 1. The van der Waals surface area contributed by atoms with Gasteiger partial charge < -0.3 is 10.4 Å². The standard InChI is InChI=1S/C14H13N3O3S/c1-2-8-17-13(20)10(12(19)16-14(17)21)11(18)15-9-6-4-3-5-7-9/h2-7,20H,1,8H2,(H,15,18)(H,16,19,21). The summed E-state index contributed by atoms with van der Waals surface area (Å²) in [5, 5.41) is 12.6. The minimum Gasteiger partial charge on any atom is -0.494 e. The van der Waals surface area contributed by atoms with Crippen LogP contribution in [-0.2, 0) is 6.54 Å². The Morgan fingerprint density at radius 3 is 2.71 bits per heavy atom. The van der Waals surface area contributed by atoms with Gasteiger partial charge in [0.1, 0.15) is 0 Å². The molecule has 1 heterocycles. The number of carbonyl (C=O) groups excluding carboxylic acids is 1. The number of rotatable bonds is 4. The summed E-state index contributed by atoms with van der Waals surface area (Å²) in [5.74, 6) is -1.20. The Morgan fingerprint density at radius 2 is 2.10 bits per heavy atom. The van der Waals surface area contributed by atoms with E-state index in [0.29, 0.717) is 5.69 Å². The molecule has 1 aromatic heterocycles. The molecule has 0 fully saturated rings. The lowest BCUT2D eigenvalue weighted by Gasteiger charge is -2.11. The van der Waals surface area contributed by atoms with Crippen molar-refractivity contribution >= 4 is 23.8 Å². The highest BCUT2D eigenvalue weighted by Gasteiger charge is 2.19. The van der Waals surface area contributed by atoms with Crippen molar-refractivity contribution in [3.63, 3.8) is 0 Å². The van der Waals surface area contributed by atoms with Crippen molar-refractivity contribution in [1.29, 1.82) is 0 Å². The van der Waals surface area contributed by atoms with Crippen LogP contribution in [0, 0.1) is 4.77 Å². The van der Waals surface area contributed by atoms with Gasteiger partial charge in [-0.15, -0.1) is 6.58 Å². The Morgan fingerprint density at radius 1 is 1.43 bits per heavy atom. The molecular formula is C14H13N3O3S. The Kier molecular flexibility index (Phi) is 4.34. The number of aromatic amines is 1. The van der Waals surface area contributed by atoms with Gasteiger partial charge in [0.15, 0.2) is 10.3 Å². The second-order valence-corrected chi connectivity index (χ2v) is 4.56. The first kappa shape index (κ1) is 14.7. The molecule has 0 radical (unpaired) electrons. The largest absolute Gasteiger partial charge is 0.494 e. The fourth-order valence-electron chi connectivity index (χ4n) is 1.78. The lowest BCUT2D eigenvalue weighted by atomic mass is 10.2. The average Bonchev–Trinajstić information content (AvgIpc) is 2.44. The number of para-hydroxylation sites is 1. The molecule has 108 valence electrons. The molecule has 0 spiro atoms. The van der Waals surface area contributed by atoms with Crippen molar-refractivity contribution in [3.8, 4) is 5.88 Å². The van der Waals surface area contributed by atoms with Crippen LogP contribution in [-0.4, -0.2) is 20.6 Å². The van der Waals surface area contributed by atoms with Gasteiger partial charge in [0, 0.05) is 12.2 Å². The molecule has 0 unspecified atom stereocenters. The third-order valence-electron chi connectivity index (χ3n) is 2.74. The van der Waals surface area contributed by atoms with E-state index in [1.165, 1.54) is 10.6 Å². The normalized spacial score (nSPS) is 10.1. The van der Waals surface area contributed by atoms with E-state index < -0.39 is 22.9 Å². The molecule has 1 amide bonds. The molecule has 7 heteroatoms. The van der Waals surface area contributed by atoms with E-state index in [9.17, 15) is 14.7 Å². The second-order valence-electron chi connectivity index (χ2n) is 4.18. The molecule has 6 nitrogen and oxygen atoms in total. The first-order valence-electron chi connectivity index (χ1n) is 6.08. The molecule has 0 aliphatic carbocycles. The fraction of sp³-hybridized carbons (Fsp3) is 0.0714. The lowest BCUT2D eigenvalue weighted by Crippen LogP contribution is -2.26. The van der Waals surface area contributed by atoms with Gasteiger partial charge >= 0.3 is 0 Å². The van der Waals surface area contributed by atoms with Gasteiger partial charge in [-0.1, -0.05) is 24.3 Å². The lowest BCUT2D eigenvalue weighted by molar-refractivity contribution is 0.102. The first-order valence-corrected chi connectivity index (χ1v) is 6.48. The smallest absolute Gasteiger partial charge is 0.268 e. The Bertz CT molecular complexity index is 793. The summed E-state index contributed by atoms with van der Waals surface area (Å²) in [6, 6.07) is 8.61. The number of allylic oxidation sites excluding steroid dienone is 1. The number of aromatic hydroxyl groups is 1. The molecule has 0 bridgehead atoms. The monoisotopic (exact) mass is 303 g/mol. The van der Waals surface area contributed by atoms with Gasteiger partial charge in [-0.25, -0.2) is 0 Å². The summed E-state index contributed by atoms with van der Waals surface area (Å²) in [5.41, 5.74) is -0.625. The number of hydrogen-bond donors (Lipinski definition) is 3. The van der Waals surface area contributed by atoms with Gasteiger partial charge in [0.2, 0.25) is 5.88 Å². The van der Waals surface area contributed by atoms with Crippen LogP contribution in [0.1, 0.15) is 10.4 Å². The maximum Gasteiger partial charge on any atom is 0.268 e. The Labute approximate surface area is 125 Å². The van der Waals surface area contributed by atoms with Crippen LogP contribution in [0.3, 0.4) is 0 Å². The summed E-state index contributed by atoms with van der Waals surface area (Å²) >= 11 is 4.94. The number of amides is 1. The molecule has 0 atom stereocenters. The zero-order valence-corrected chi connectivity index (χ0v) is 11.8. The number of anilines is 1. The molecule has 0 saturated heterocycles. The minimum atomic E-state index is -0.744. The molecule has 3 N–H and O–H groups in total. The van der Waals surface area contributed by atoms with Crippen molar-refractivity contribution in [3.05, 3.63) is 63.7 Å². The number of H-pyrrole nitrogens is 1. The van der Waals surface area contributed by atoms with Gasteiger partial charge in [-0.05, 0) is 24.4 Å². The van der Waals surface area contributed by atoms with Crippen LogP contribution in [0.4, 0.5) is 5.69 Å². The van der Waals surface area contributed by atoms with E-state index in [4.69, 9.17) is 12.2 Å². The average molecular weight is 303 g/mol. The van der Waals surface area contributed by atoms with Crippen molar-refractivity contribution < 1.29 is 9.90 Å². The first-order chi connectivity index (χ1) is 10.0. The highest BCUT2D eigenvalue weighted by molar-refractivity contribution is 7.71. The van der Waals surface area contributed by atoms with Crippen LogP contribution < -0.4 is 10.9 Å². The van der Waals surface area contributed by atoms with Crippen LogP contribution in [0.2, 0.25) is 0 Å². The van der Waals surface area contributed by atoms with Crippen LogP contribution in [0.15, 0.2) is 47.8 Å². The quantitative estimate of drug-likeness (QED) is 0.596. The van der Waals surface area contributed by atoms with E-state index >= 15 is 0 Å². The van der Waals surface area contributed by atoms with Gasteiger partial charge in [-0.3, -0.25) is 19.1 Å². The third-order valence-corrected chi connectivity index (χ3v) is 3.06. The van der Waals surface area contributed by atoms with E-state index in [2.05, 4.69) is 16.9 Å². The number of aromatic nitrogens is 2. The predicted molar refractivity (Wildman–Crippen MR) is 82.1 cm³/mol. The van der Waals surface area contributed by atoms with Gasteiger partial charge in [0.05, 0.1) is 0 Å². The highest BCUT2D eigenvalue weighted by atomic mass is 32.1. The molecule has 0 aliphatic heterocycles. The zero-order valence-electron chi connectivity index (χ0n) is 11.0. The third kappa shape index (κ3) is 3.09. The van der Waals surface area contributed by atoms with Crippen molar-refractivity contribution in [2.24, 2.45) is 0 Å². The summed E-state index contributed by atoms with van der Waals surface area (Å²) in [4.78, 5) is 26.4. The van der Waals surface area contributed by atoms with E-state index in [1.54, 1.807) is 30.3 Å². The van der Waals surface area contributed by atoms with E-state index in [-0.39, 0.29) is 11.3 Å². The zero-order chi connectivity index (χ0) is 15.4. The number of hydrogen-bond acceptors (Lipinski definition) is 4. The Hall–Kier alpha value is -2.67. The van der Waals surface area contributed by atoms with Crippen LogP contribution >= 0.6 is 12.2 Å². The molecule has 0 saturated carbocycles.